The van der Waals surface area contributed by atoms with Crippen LogP contribution in [0.15, 0.2) is 11.4 Å². The van der Waals surface area contributed by atoms with E-state index in [1.807, 2.05) is 11.4 Å². The van der Waals surface area contributed by atoms with Crippen LogP contribution in [0, 0.1) is 0 Å². The van der Waals surface area contributed by atoms with Gasteiger partial charge in [0.15, 0.2) is 0 Å². The normalized spacial score (nSPS) is 18.5. The van der Waals surface area contributed by atoms with E-state index in [0.717, 1.165) is 31.2 Å². The minimum atomic E-state index is -0.731. The van der Waals surface area contributed by atoms with Crippen LogP contribution < -0.4 is 5.32 Å². The summed E-state index contributed by atoms with van der Waals surface area (Å²) in [7, 11) is 1.62. The minimum Gasteiger partial charge on any atom is -0.388 e. The van der Waals surface area contributed by atoms with Crippen molar-refractivity contribution in [1.29, 1.82) is 0 Å². The Morgan fingerprint density at radius 3 is 2.75 bits per heavy atom. The summed E-state index contributed by atoms with van der Waals surface area (Å²) in [5.41, 5.74) is 0.174. The zero-order chi connectivity index (χ0) is 14.4. The monoisotopic (exact) mass is 297 g/mol. The first-order chi connectivity index (χ1) is 9.64. The van der Waals surface area contributed by atoms with E-state index in [4.69, 9.17) is 4.74 Å². The van der Waals surface area contributed by atoms with E-state index in [1.54, 1.807) is 7.11 Å². The topological polar surface area (TPSA) is 58.6 Å². The lowest BCUT2D eigenvalue weighted by molar-refractivity contribution is 0.0246. The molecule has 4 nitrogen and oxygen atoms in total. The third kappa shape index (κ3) is 4.04. The zero-order valence-corrected chi connectivity index (χ0v) is 12.8. The Bertz CT molecular complexity index is 436. The van der Waals surface area contributed by atoms with Gasteiger partial charge in [0.05, 0.1) is 17.1 Å². The SMILES string of the molecule is COCc1ccsc1C(=O)NCC1(O)CCCCCC1. The van der Waals surface area contributed by atoms with Crippen LogP contribution in [-0.2, 0) is 11.3 Å². The third-order valence-electron chi connectivity index (χ3n) is 3.87. The first-order valence-electron chi connectivity index (χ1n) is 7.20. The highest BCUT2D eigenvalue weighted by molar-refractivity contribution is 7.12. The molecular weight excluding hydrogens is 274 g/mol. The van der Waals surface area contributed by atoms with Gasteiger partial charge in [-0.25, -0.2) is 0 Å². The van der Waals surface area contributed by atoms with Crippen molar-refractivity contribution < 1.29 is 14.6 Å². The standard InChI is InChI=1S/C15H23NO3S/c1-19-10-12-6-9-20-13(12)14(17)16-11-15(18)7-4-2-3-5-8-15/h6,9,18H,2-5,7-8,10-11H2,1H3,(H,16,17). The van der Waals surface area contributed by atoms with Crippen LogP contribution in [0.2, 0.25) is 0 Å². The minimum absolute atomic E-state index is 0.107. The van der Waals surface area contributed by atoms with Gasteiger partial charge in [-0.05, 0) is 24.3 Å². The van der Waals surface area contributed by atoms with Gasteiger partial charge in [-0.1, -0.05) is 25.7 Å². The Morgan fingerprint density at radius 2 is 2.10 bits per heavy atom. The maximum Gasteiger partial charge on any atom is 0.261 e. The highest BCUT2D eigenvalue weighted by atomic mass is 32.1. The van der Waals surface area contributed by atoms with Gasteiger partial charge in [0.25, 0.3) is 5.91 Å². The molecular formula is C15H23NO3S. The molecule has 1 fully saturated rings. The number of ether oxygens (including phenoxy) is 1. The molecule has 1 heterocycles. The first-order valence-corrected chi connectivity index (χ1v) is 8.08. The molecule has 0 radical (unpaired) electrons. The second-order valence-electron chi connectivity index (χ2n) is 5.53. The summed E-state index contributed by atoms with van der Waals surface area (Å²) in [5, 5.41) is 15.3. The molecule has 1 aliphatic rings. The largest absolute Gasteiger partial charge is 0.388 e. The molecule has 0 aliphatic heterocycles. The Kier molecular flexibility index (Phi) is 5.57. The highest BCUT2D eigenvalue weighted by Crippen LogP contribution is 2.26. The van der Waals surface area contributed by atoms with Crippen LogP contribution in [0.25, 0.3) is 0 Å². The van der Waals surface area contributed by atoms with Crippen LogP contribution in [0.3, 0.4) is 0 Å². The number of methoxy groups -OCH3 is 1. The lowest BCUT2D eigenvalue weighted by atomic mass is 9.94. The number of rotatable bonds is 5. The Balaban J connectivity index is 1.92. The summed E-state index contributed by atoms with van der Waals surface area (Å²) in [6.45, 7) is 0.784. The number of amides is 1. The number of hydrogen-bond donors (Lipinski definition) is 2. The summed E-state index contributed by atoms with van der Waals surface area (Å²) in [5.74, 6) is -0.107. The van der Waals surface area contributed by atoms with Gasteiger partial charge in [0.1, 0.15) is 0 Å². The van der Waals surface area contributed by atoms with Crippen LogP contribution >= 0.6 is 11.3 Å². The molecule has 0 saturated heterocycles. The van der Waals surface area contributed by atoms with E-state index < -0.39 is 5.60 Å². The highest BCUT2D eigenvalue weighted by Gasteiger charge is 2.28. The van der Waals surface area contributed by atoms with Gasteiger partial charge in [-0.15, -0.1) is 11.3 Å². The average Bonchev–Trinajstić information content (AvgIpc) is 2.78. The first kappa shape index (κ1) is 15.5. The summed E-state index contributed by atoms with van der Waals surface area (Å²) in [6.07, 6.45) is 6.00. The summed E-state index contributed by atoms with van der Waals surface area (Å²) >= 11 is 1.41. The molecule has 2 rings (SSSR count). The molecule has 1 aromatic heterocycles. The van der Waals surface area contributed by atoms with Gasteiger partial charge in [0, 0.05) is 19.2 Å². The molecule has 112 valence electrons. The Hall–Kier alpha value is -0.910. The quantitative estimate of drug-likeness (QED) is 0.822. The molecule has 2 N–H and O–H groups in total. The molecule has 5 heteroatoms. The maximum absolute atomic E-state index is 12.2. The number of hydrogen-bond acceptors (Lipinski definition) is 4. The zero-order valence-electron chi connectivity index (χ0n) is 12.0. The molecule has 1 amide bonds. The molecule has 0 spiro atoms. The fraction of sp³-hybridized carbons (Fsp3) is 0.667. The molecule has 1 saturated carbocycles. The smallest absolute Gasteiger partial charge is 0.261 e. The van der Waals surface area contributed by atoms with Crippen molar-refractivity contribution in [2.24, 2.45) is 0 Å². The van der Waals surface area contributed by atoms with Gasteiger partial charge >= 0.3 is 0 Å². The number of thiophene rings is 1. The molecule has 0 aromatic carbocycles. The molecule has 0 unspecified atom stereocenters. The van der Waals surface area contributed by atoms with Crippen molar-refractivity contribution in [3.63, 3.8) is 0 Å². The number of nitrogens with one attached hydrogen (secondary N) is 1. The maximum atomic E-state index is 12.2. The lowest BCUT2D eigenvalue weighted by Crippen LogP contribution is -2.42. The van der Waals surface area contributed by atoms with Crippen molar-refractivity contribution in [3.8, 4) is 0 Å². The molecule has 1 aromatic rings. The molecule has 0 atom stereocenters. The second-order valence-corrected chi connectivity index (χ2v) is 6.45. The summed E-state index contributed by atoms with van der Waals surface area (Å²) in [6, 6.07) is 1.91. The lowest BCUT2D eigenvalue weighted by Gasteiger charge is -2.26. The molecule has 0 bridgehead atoms. The van der Waals surface area contributed by atoms with Crippen LogP contribution in [-0.4, -0.2) is 30.3 Å². The predicted octanol–water partition coefficient (Wildman–Crippen LogP) is 2.71. The second kappa shape index (κ2) is 7.20. The van der Waals surface area contributed by atoms with Crippen LogP contribution in [0.1, 0.15) is 53.8 Å². The van der Waals surface area contributed by atoms with Crippen molar-refractivity contribution in [2.75, 3.05) is 13.7 Å². The summed E-state index contributed by atoms with van der Waals surface area (Å²) in [4.78, 5) is 12.9. The van der Waals surface area contributed by atoms with E-state index in [0.29, 0.717) is 18.0 Å². The van der Waals surface area contributed by atoms with Crippen molar-refractivity contribution in [1.82, 2.24) is 5.32 Å². The van der Waals surface area contributed by atoms with Gasteiger partial charge < -0.3 is 15.2 Å². The average molecular weight is 297 g/mol. The van der Waals surface area contributed by atoms with E-state index in [9.17, 15) is 9.90 Å². The Labute approximate surface area is 124 Å². The number of carbonyl (C=O) groups excluding carboxylic acids is 1. The fourth-order valence-electron chi connectivity index (χ4n) is 2.69. The van der Waals surface area contributed by atoms with Crippen molar-refractivity contribution >= 4 is 17.2 Å². The summed E-state index contributed by atoms with van der Waals surface area (Å²) < 4.78 is 5.09. The van der Waals surface area contributed by atoms with Gasteiger partial charge in [0.2, 0.25) is 0 Å². The molecule has 1 aliphatic carbocycles. The predicted molar refractivity (Wildman–Crippen MR) is 80.0 cm³/mol. The van der Waals surface area contributed by atoms with Crippen molar-refractivity contribution in [2.45, 2.75) is 50.7 Å². The van der Waals surface area contributed by atoms with Crippen LogP contribution in [0.5, 0.6) is 0 Å². The van der Waals surface area contributed by atoms with Crippen LogP contribution in [0.4, 0.5) is 0 Å². The molecule has 20 heavy (non-hydrogen) atoms. The van der Waals surface area contributed by atoms with E-state index >= 15 is 0 Å². The van der Waals surface area contributed by atoms with Gasteiger partial charge in [-0.2, -0.15) is 0 Å². The number of carbonyl (C=O) groups is 1. The number of aliphatic hydroxyl groups is 1. The van der Waals surface area contributed by atoms with E-state index in [-0.39, 0.29) is 5.91 Å². The van der Waals surface area contributed by atoms with Gasteiger partial charge in [-0.3, -0.25) is 4.79 Å². The third-order valence-corrected chi connectivity index (χ3v) is 4.82. The van der Waals surface area contributed by atoms with E-state index in [2.05, 4.69) is 5.32 Å². The Morgan fingerprint density at radius 1 is 1.40 bits per heavy atom. The fourth-order valence-corrected chi connectivity index (χ4v) is 3.52. The van der Waals surface area contributed by atoms with E-state index in [1.165, 1.54) is 24.2 Å². The van der Waals surface area contributed by atoms with Crippen molar-refractivity contribution in [3.05, 3.63) is 21.9 Å².